The van der Waals surface area contributed by atoms with Gasteiger partial charge in [-0.15, -0.1) is 0 Å². The topological polar surface area (TPSA) is 60.2 Å². The molecule has 26 heavy (non-hydrogen) atoms. The summed E-state index contributed by atoms with van der Waals surface area (Å²) in [6.45, 7) is 2.03. The van der Waals surface area contributed by atoms with Crippen molar-refractivity contribution < 1.29 is 9.72 Å². The molecule has 4 nitrogen and oxygen atoms in total. The van der Waals surface area contributed by atoms with E-state index in [9.17, 15) is 14.9 Å². The summed E-state index contributed by atoms with van der Waals surface area (Å²) in [5.41, 5.74) is 0.216. The van der Waals surface area contributed by atoms with Gasteiger partial charge in [-0.3, -0.25) is 14.9 Å². The molecule has 0 N–H and O–H groups in total. The Labute approximate surface area is 156 Å². The fourth-order valence-electron chi connectivity index (χ4n) is 1.82. The Balaban J connectivity index is 4.10. The molecule has 0 amide bonds. The summed E-state index contributed by atoms with van der Waals surface area (Å²) >= 11 is 0. The molecule has 0 fully saturated rings. The van der Waals surface area contributed by atoms with E-state index >= 15 is 0 Å². The highest BCUT2D eigenvalue weighted by Gasteiger charge is 2.05. The van der Waals surface area contributed by atoms with Crippen molar-refractivity contribution in [1.82, 2.24) is 0 Å². The molecule has 0 aromatic carbocycles. The van der Waals surface area contributed by atoms with Gasteiger partial charge in [0.2, 0.25) is 5.70 Å². The first kappa shape index (κ1) is 23.2. The van der Waals surface area contributed by atoms with Gasteiger partial charge in [0, 0.05) is 6.42 Å². The van der Waals surface area contributed by atoms with Crippen molar-refractivity contribution >= 4 is 6.29 Å². The van der Waals surface area contributed by atoms with Crippen molar-refractivity contribution in [2.24, 2.45) is 0 Å². The van der Waals surface area contributed by atoms with Gasteiger partial charge in [-0.2, -0.15) is 0 Å². The summed E-state index contributed by atoms with van der Waals surface area (Å²) in [5, 5.41) is 10.9. The number of carbonyl (C=O) groups excluding carboxylic acids is 1. The predicted octanol–water partition coefficient (Wildman–Crippen LogP) is 5.95. The van der Waals surface area contributed by atoms with Crippen molar-refractivity contribution in [2.75, 3.05) is 0 Å². The summed E-state index contributed by atoms with van der Waals surface area (Å²) in [7, 11) is 0. The molecule has 0 unspecified atom stereocenters. The number of hydrogen-bond acceptors (Lipinski definition) is 3. The minimum atomic E-state index is -0.329. The number of allylic oxidation sites excluding steroid dienone is 13. The number of rotatable bonds is 14. The van der Waals surface area contributed by atoms with Crippen LogP contribution in [0.5, 0.6) is 0 Å². The van der Waals surface area contributed by atoms with Gasteiger partial charge in [0.1, 0.15) is 0 Å². The summed E-state index contributed by atoms with van der Waals surface area (Å²) in [6, 6.07) is 0. The molecule has 0 aromatic rings. The SMILES string of the molecule is CC/C=C/C/C=C(/C/C=C/C=C/C=C/C=C/C/C=C/CC[C]=O)[N+](=O)[O-]. The second-order valence-corrected chi connectivity index (χ2v) is 5.29. The van der Waals surface area contributed by atoms with Gasteiger partial charge in [-0.05, 0) is 31.8 Å². The molecule has 4 heteroatoms. The van der Waals surface area contributed by atoms with Gasteiger partial charge in [-0.1, -0.05) is 79.8 Å². The fraction of sp³-hybridized carbons (Fsp3) is 0.318. The fourth-order valence-corrected chi connectivity index (χ4v) is 1.82. The van der Waals surface area contributed by atoms with Gasteiger partial charge in [0.05, 0.1) is 11.3 Å². The highest BCUT2D eigenvalue weighted by molar-refractivity contribution is 5.50. The number of unbranched alkanes of at least 4 members (excludes halogenated alkanes) is 1. The normalized spacial score (nSPS) is 13.5. The first-order chi connectivity index (χ1) is 12.7. The maximum atomic E-state index is 10.9. The third-order valence-corrected chi connectivity index (χ3v) is 3.13. The molecule has 0 rings (SSSR count). The monoisotopic (exact) mass is 354 g/mol. The summed E-state index contributed by atoms with van der Waals surface area (Å²) in [6.07, 6.45) is 30.3. The summed E-state index contributed by atoms with van der Waals surface area (Å²) < 4.78 is 0. The molecular weight excluding hydrogens is 326 g/mol. The average Bonchev–Trinajstić information content (AvgIpc) is 2.63. The Morgan fingerprint density at radius 2 is 1.54 bits per heavy atom. The van der Waals surface area contributed by atoms with Crippen LogP contribution in [0.4, 0.5) is 0 Å². The third-order valence-electron chi connectivity index (χ3n) is 3.13. The lowest BCUT2D eigenvalue weighted by Crippen LogP contribution is -1.97. The Morgan fingerprint density at radius 1 is 0.885 bits per heavy atom. The molecule has 0 spiro atoms. The van der Waals surface area contributed by atoms with Crippen LogP contribution in [0, 0.1) is 10.1 Å². The van der Waals surface area contributed by atoms with Gasteiger partial charge in [-0.25, -0.2) is 0 Å². The van der Waals surface area contributed by atoms with Gasteiger partial charge < -0.3 is 0 Å². The molecular formula is C22H28NO3. The maximum absolute atomic E-state index is 10.9. The van der Waals surface area contributed by atoms with Gasteiger partial charge >= 0.3 is 0 Å². The average molecular weight is 354 g/mol. The van der Waals surface area contributed by atoms with Crippen LogP contribution in [-0.2, 0) is 4.79 Å². The van der Waals surface area contributed by atoms with E-state index in [-0.39, 0.29) is 10.6 Å². The van der Waals surface area contributed by atoms with Crippen molar-refractivity contribution in [3.8, 4) is 0 Å². The zero-order valence-corrected chi connectivity index (χ0v) is 15.4. The standard InChI is InChI=1S/C22H28NO3/c1-2-3-4-16-19-22(23(25)26)20-17-14-12-10-8-6-5-7-9-11-13-15-18-21-24/h3-8,10-14,17,19H,2,9,15-16,18,20H2,1H3/b4-3+,7-5+,8-6+,12-10+,13-11+,17-14+,22-19-. The highest BCUT2D eigenvalue weighted by atomic mass is 16.6. The number of nitro groups is 1. The molecule has 0 aliphatic carbocycles. The van der Waals surface area contributed by atoms with Crippen LogP contribution in [0.15, 0.2) is 84.7 Å². The van der Waals surface area contributed by atoms with Gasteiger partial charge in [0.15, 0.2) is 6.29 Å². The van der Waals surface area contributed by atoms with Crippen molar-refractivity contribution in [2.45, 2.75) is 45.4 Å². The first-order valence-corrected chi connectivity index (χ1v) is 8.85. The zero-order valence-electron chi connectivity index (χ0n) is 15.4. The van der Waals surface area contributed by atoms with Crippen LogP contribution in [0.3, 0.4) is 0 Å². The maximum Gasteiger partial charge on any atom is 0.246 e. The molecule has 0 aliphatic heterocycles. The lowest BCUT2D eigenvalue weighted by atomic mass is 10.2. The van der Waals surface area contributed by atoms with Crippen LogP contribution in [-0.4, -0.2) is 11.2 Å². The molecule has 0 aromatic heterocycles. The lowest BCUT2D eigenvalue weighted by Gasteiger charge is -1.92. The summed E-state index contributed by atoms with van der Waals surface area (Å²) in [4.78, 5) is 20.6. The van der Waals surface area contributed by atoms with Crippen LogP contribution < -0.4 is 0 Å². The van der Waals surface area contributed by atoms with E-state index in [0.717, 1.165) is 19.3 Å². The van der Waals surface area contributed by atoms with Crippen LogP contribution in [0.1, 0.15) is 45.4 Å². The van der Waals surface area contributed by atoms with E-state index in [4.69, 9.17) is 0 Å². The Hall–Kier alpha value is -2.75. The number of nitrogens with zero attached hydrogens (tertiary/aromatic N) is 1. The van der Waals surface area contributed by atoms with E-state index in [1.54, 1.807) is 18.2 Å². The van der Waals surface area contributed by atoms with E-state index in [2.05, 4.69) is 0 Å². The van der Waals surface area contributed by atoms with E-state index in [1.807, 2.05) is 74.0 Å². The second kappa shape index (κ2) is 18.6. The van der Waals surface area contributed by atoms with Crippen LogP contribution in [0.25, 0.3) is 0 Å². The van der Waals surface area contributed by atoms with Crippen LogP contribution >= 0.6 is 0 Å². The predicted molar refractivity (Wildman–Crippen MR) is 109 cm³/mol. The third kappa shape index (κ3) is 16.1. The van der Waals surface area contributed by atoms with E-state index in [1.165, 1.54) is 0 Å². The van der Waals surface area contributed by atoms with E-state index in [0.29, 0.717) is 19.3 Å². The Bertz CT molecular complexity index is 591. The summed E-state index contributed by atoms with van der Waals surface area (Å²) in [5.74, 6) is 0. The first-order valence-electron chi connectivity index (χ1n) is 8.85. The smallest absolute Gasteiger partial charge is 0.246 e. The van der Waals surface area contributed by atoms with Crippen molar-refractivity contribution in [1.29, 1.82) is 0 Å². The van der Waals surface area contributed by atoms with Crippen LogP contribution in [0.2, 0.25) is 0 Å². The molecule has 1 radical (unpaired) electrons. The highest BCUT2D eigenvalue weighted by Crippen LogP contribution is 2.06. The van der Waals surface area contributed by atoms with Crippen molar-refractivity contribution in [3.63, 3.8) is 0 Å². The minimum Gasteiger partial charge on any atom is -0.291 e. The Kier molecular flexibility index (Phi) is 16.6. The minimum absolute atomic E-state index is 0.216. The molecule has 0 saturated heterocycles. The Morgan fingerprint density at radius 3 is 2.19 bits per heavy atom. The molecule has 0 saturated carbocycles. The quantitative estimate of drug-likeness (QED) is 0.127. The van der Waals surface area contributed by atoms with Crippen molar-refractivity contribution in [3.05, 3.63) is 94.8 Å². The largest absolute Gasteiger partial charge is 0.291 e. The molecule has 0 bridgehead atoms. The number of hydrogen-bond donors (Lipinski definition) is 0. The molecule has 0 aliphatic rings. The molecule has 0 heterocycles. The molecule has 139 valence electrons. The second-order valence-electron chi connectivity index (χ2n) is 5.29. The van der Waals surface area contributed by atoms with Gasteiger partial charge in [0.25, 0.3) is 0 Å². The zero-order chi connectivity index (χ0) is 19.3. The van der Waals surface area contributed by atoms with E-state index < -0.39 is 0 Å². The lowest BCUT2D eigenvalue weighted by molar-refractivity contribution is -0.427. The molecule has 0 atom stereocenters.